The van der Waals surface area contributed by atoms with Crippen molar-refractivity contribution in [1.82, 2.24) is 14.5 Å². The van der Waals surface area contributed by atoms with Gasteiger partial charge < -0.3 is 4.90 Å². The summed E-state index contributed by atoms with van der Waals surface area (Å²) >= 11 is 1.24. The predicted molar refractivity (Wildman–Crippen MR) is 132 cm³/mol. The molecule has 0 saturated heterocycles. The van der Waals surface area contributed by atoms with E-state index in [1.807, 2.05) is 42.5 Å². The van der Waals surface area contributed by atoms with E-state index < -0.39 is 5.54 Å². The molecule has 1 aliphatic carbocycles. The van der Waals surface area contributed by atoms with Gasteiger partial charge in [0.05, 0.1) is 28.4 Å². The van der Waals surface area contributed by atoms with Crippen molar-refractivity contribution < 1.29 is 4.79 Å². The number of benzene rings is 2. The summed E-state index contributed by atoms with van der Waals surface area (Å²) < 4.78 is 1.58. The topological polar surface area (TPSA) is 79.0 Å². The van der Waals surface area contributed by atoms with Crippen molar-refractivity contribution in [2.45, 2.75) is 56.1 Å². The number of nitrogens with zero attached hydrogens (tertiary/aromatic N) is 4. The Morgan fingerprint density at radius 3 is 2.52 bits per heavy atom. The molecule has 0 atom stereocenters. The number of carbonyl (C=O) groups excluding carboxylic acids is 1. The Labute approximate surface area is 198 Å². The van der Waals surface area contributed by atoms with Crippen molar-refractivity contribution in [2.75, 3.05) is 12.8 Å². The molecule has 7 heteroatoms. The average Bonchev–Trinajstić information content (AvgIpc) is 2.87. The number of amides is 1. The molecule has 3 aromatic rings. The first kappa shape index (κ1) is 23.1. The van der Waals surface area contributed by atoms with Gasteiger partial charge in [-0.3, -0.25) is 14.2 Å². The third-order valence-corrected chi connectivity index (χ3v) is 7.50. The zero-order valence-electron chi connectivity index (χ0n) is 19.1. The van der Waals surface area contributed by atoms with E-state index in [1.165, 1.54) is 17.3 Å². The molecule has 0 spiro atoms. The lowest BCUT2D eigenvalue weighted by Crippen LogP contribution is -2.50. The molecule has 0 radical (unpaired) electrons. The maximum Gasteiger partial charge on any atom is 0.266 e. The van der Waals surface area contributed by atoms with Crippen molar-refractivity contribution in [3.8, 4) is 11.8 Å². The first-order valence-electron chi connectivity index (χ1n) is 11.4. The zero-order chi connectivity index (χ0) is 23.4. The van der Waals surface area contributed by atoms with Crippen LogP contribution in [0.15, 0.2) is 58.5 Å². The summed E-state index contributed by atoms with van der Waals surface area (Å²) in [6.45, 7) is 2.09. The molecule has 0 unspecified atom stereocenters. The van der Waals surface area contributed by atoms with Crippen LogP contribution in [-0.4, -0.2) is 38.7 Å². The van der Waals surface area contributed by atoms with E-state index in [4.69, 9.17) is 4.98 Å². The SMILES string of the molecule is CCc1ccc(-n2c(SCC(=O)N(C)C3(C#N)CCCCC3)nc3ccccc3c2=O)cc1. The molecule has 1 fully saturated rings. The molecule has 1 heterocycles. The quantitative estimate of drug-likeness (QED) is 0.393. The van der Waals surface area contributed by atoms with E-state index in [1.54, 1.807) is 22.6 Å². The maximum atomic E-state index is 13.4. The Bertz CT molecular complexity index is 1250. The van der Waals surface area contributed by atoms with E-state index in [0.717, 1.165) is 31.4 Å². The molecule has 1 saturated carbocycles. The lowest BCUT2D eigenvalue weighted by Gasteiger charge is -2.39. The van der Waals surface area contributed by atoms with E-state index in [0.29, 0.717) is 28.9 Å². The number of nitriles is 1. The molecule has 0 bridgehead atoms. The molecule has 1 aromatic heterocycles. The number of rotatable bonds is 6. The number of fused-ring (bicyclic) bond motifs is 1. The third-order valence-electron chi connectivity index (χ3n) is 6.58. The molecular formula is C26H28N4O2S. The second-order valence-electron chi connectivity index (χ2n) is 8.52. The molecule has 33 heavy (non-hydrogen) atoms. The smallest absolute Gasteiger partial charge is 0.266 e. The highest BCUT2D eigenvalue weighted by molar-refractivity contribution is 7.99. The summed E-state index contributed by atoms with van der Waals surface area (Å²) in [6, 6.07) is 17.5. The highest BCUT2D eigenvalue weighted by Crippen LogP contribution is 2.33. The van der Waals surface area contributed by atoms with Gasteiger partial charge in [0.2, 0.25) is 5.91 Å². The van der Waals surface area contributed by atoms with Gasteiger partial charge in [-0.25, -0.2) is 4.98 Å². The Morgan fingerprint density at radius 1 is 1.15 bits per heavy atom. The lowest BCUT2D eigenvalue weighted by atomic mass is 9.81. The van der Waals surface area contributed by atoms with Crippen LogP contribution in [0, 0.1) is 11.3 Å². The summed E-state index contributed by atoms with van der Waals surface area (Å²) in [4.78, 5) is 32.8. The Morgan fingerprint density at radius 2 is 1.85 bits per heavy atom. The standard InChI is InChI=1S/C26H28N4O2S/c1-3-19-11-13-20(14-12-19)30-24(32)21-9-5-6-10-22(21)28-25(30)33-17-23(31)29(2)26(18-27)15-7-4-8-16-26/h5-6,9-14H,3-4,7-8,15-17H2,1-2H3. The first-order valence-corrected chi connectivity index (χ1v) is 12.4. The minimum Gasteiger partial charge on any atom is -0.326 e. The van der Waals surface area contributed by atoms with Crippen LogP contribution in [0.4, 0.5) is 0 Å². The second-order valence-corrected chi connectivity index (χ2v) is 9.46. The van der Waals surface area contributed by atoms with Crippen molar-refractivity contribution in [3.63, 3.8) is 0 Å². The minimum absolute atomic E-state index is 0.109. The fraction of sp³-hybridized carbons (Fsp3) is 0.385. The summed E-state index contributed by atoms with van der Waals surface area (Å²) in [5.74, 6) is -0.0173. The minimum atomic E-state index is -0.734. The highest BCUT2D eigenvalue weighted by Gasteiger charge is 2.38. The molecule has 1 aliphatic rings. The van der Waals surface area contributed by atoms with Crippen LogP contribution in [0.3, 0.4) is 0 Å². The number of carbonyl (C=O) groups is 1. The van der Waals surface area contributed by atoms with Gasteiger partial charge in [-0.15, -0.1) is 0 Å². The van der Waals surface area contributed by atoms with Crippen molar-refractivity contribution in [2.24, 2.45) is 0 Å². The lowest BCUT2D eigenvalue weighted by molar-refractivity contribution is -0.131. The molecule has 6 nitrogen and oxygen atoms in total. The molecular weight excluding hydrogens is 432 g/mol. The molecule has 0 aliphatic heterocycles. The third kappa shape index (κ3) is 4.53. The van der Waals surface area contributed by atoms with Gasteiger partial charge in [0.25, 0.3) is 5.56 Å². The van der Waals surface area contributed by atoms with E-state index in [2.05, 4.69) is 13.0 Å². The monoisotopic (exact) mass is 460 g/mol. The van der Waals surface area contributed by atoms with Crippen LogP contribution >= 0.6 is 11.8 Å². The number of aromatic nitrogens is 2. The predicted octanol–water partition coefficient (Wildman–Crippen LogP) is 4.73. The van der Waals surface area contributed by atoms with Crippen LogP contribution in [0.5, 0.6) is 0 Å². The van der Waals surface area contributed by atoms with E-state index in [9.17, 15) is 14.9 Å². The fourth-order valence-corrected chi connectivity index (χ4v) is 5.36. The van der Waals surface area contributed by atoms with E-state index >= 15 is 0 Å². The van der Waals surface area contributed by atoms with Crippen LogP contribution in [-0.2, 0) is 11.2 Å². The van der Waals surface area contributed by atoms with E-state index in [-0.39, 0.29) is 17.2 Å². The molecule has 4 rings (SSSR count). The summed E-state index contributed by atoms with van der Waals surface area (Å²) in [6.07, 6.45) is 5.34. The Hall–Kier alpha value is -3.11. The first-order chi connectivity index (χ1) is 16.0. The van der Waals surface area contributed by atoms with Crippen molar-refractivity contribution in [3.05, 3.63) is 64.4 Å². The number of hydrogen-bond acceptors (Lipinski definition) is 5. The number of thioether (sulfide) groups is 1. The van der Waals surface area contributed by atoms with Gasteiger partial charge in [-0.1, -0.05) is 62.2 Å². The Balaban J connectivity index is 1.67. The maximum absolute atomic E-state index is 13.4. The number of para-hydroxylation sites is 1. The van der Waals surface area contributed by atoms with Crippen LogP contribution in [0.25, 0.3) is 16.6 Å². The van der Waals surface area contributed by atoms with Gasteiger partial charge >= 0.3 is 0 Å². The molecule has 1 amide bonds. The van der Waals surface area contributed by atoms with Crippen LogP contribution in [0.1, 0.15) is 44.6 Å². The summed E-state index contributed by atoms with van der Waals surface area (Å²) in [5.41, 5.74) is 1.62. The summed E-state index contributed by atoms with van der Waals surface area (Å²) in [7, 11) is 1.72. The van der Waals surface area contributed by atoms with Crippen molar-refractivity contribution in [1.29, 1.82) is 5.26 Å². The number of hydrogen-bond donors (Lipinski definition) is 0. The van der Waals surface area contributed by atoms with Crippen LogP contribution < -0.4 is 5.56 Å². The molecule has 2 aromatic carbocycles. The van der Waals surface area contributed by atoms with Gasteiger partial charge in [0.1, 0.15) is 5.54 Å². The van der Waals surface area contributed by atoms with Gasteiger partial charge in [-0.05, 0) is 49.1 Å². The summed E-state index contributed by atoms with van der Waals surface area (Å²) in [5, 5.41) is 10.8. The normalized spacial score (nSPS) is 15.2. The highest BCUT2D eigenvalue weighted by atomic mass is 32.2. The van der Waals surface area contributed by atoms with Gasteiger partial charge in [-0.2, -0.15) is 5.26 Å². The zero-order valence-corrected chi connectivity index (χ0v) is 19.9. The van der Waals surface area contributed by atoms with Crippen molar-refractivity contribution >= 4 is 28.6 Å². The van der Waals surface area contributed by atoms with Crippen LogP contribution in [0.2, 0.25) is 0 Å². The average molecular weight is 461 g/mol. The van der Waals surface area contributed by atoms with Gasteiger partial charge in [0, 0.05) is 7.05 Å². The van der Waals surface area contributed by atoms with Gasteiger partial charge in [0.15, 0.2) is 5.16 Å². The largest absolute Gasteiger partial charge is 0.326 e. The Kier molecular flexibility index (Phi) is 6.85. The molecule has 170 valence electrons. The number of aryl methyl sites for hydroxylation is 1. The fourth-order valence-electron chi connectivity index (χ4n) is 4.44. The second kappa shape index (κ2) is 9.80. The molecule has 0 N–H and O–H groups in total.